The minimum absolute atomic E-state index is 0.496. The molecule has 5 nitrogen and oxygen atoms in total. The highest BCUT2D eigenvalue weighted by Gasteiger charge is 2.14. The summed E-state index contributed by atoms with van der Waals surface area (Å²) < 4.78 is 16.9. The fraction of sp³-hybridized carbons (Fsp3) is 0.120. The molecule has 0 saturated heterocycles. The molecule has 0 unspecified atom stereocenters. The lowest BCUT2D eigenvalue weighted by Gasteiger charge is -2.02. The number of hydrogen-bond donors (Lipinski definition) is 0. The summed E-state index contributed by atoms with van der Waals surface area (Å²) in [6.07, 6.45) is 1.77. The molecule has 5 rings (SSSR count). The average Bonchev–Trinajstić information content (AvgIpc) is 3.45. The van der Waals surface area contributed by atoms with E-state index in [2.05, 4.69) is 41.4 Å². The smallest absolute Gasteiger partial charge is 0.277 e. The quantitative estimate of drug-likeness (QED) is 0.279. The Kier molecular flexibility index (Phi) is 5.22. The van der Waals surface area contributed by atoms with Crippen LogP contribution in [0.5, 0.6) is 5.75 Å². The van der Waals surface area contributed by atoms with Gasteiger partial charge in [-0.3, -0.25) is 0 Å². The number of ether oxygens (including phenoxy) is 1. The highest BCUT2D eigenvalue weighted by Crippen LogP contribution is 2.35. The number of furan rings is 1. The lowest BCUT2D eigenvalue weighted by molar-refractivity contribution is 0.415. The number of rotatable bonds is 6. The van der Waals surface area contributed by atoms with Crippen LogP contribution in [0.15, 0.2) is 87.1 Å². The van der Waals surface area contributed by atoms with Crippen LogP contribution in [0.25, 0.3) is 33.6 Å². The molecule has 5 aromatic rings. The molecule has 0 radical (unpaired) electrons. The summed E-state index contributed by atoms with van der Waals surface area (Å²) in [6, 6.07) is 22.2. The van der Waals surface area contributed by atoms with Crippen molar-refractivity contribution in [2.75, 3.05) is 7.11 Å². The molecule has 6 heteroatoms. The van der Waals surface area contributed by atoms with Gasteiger partial charge in [-0.05, 0) is 48.4 Å². The van der Waals surface area contributed by atoms with Gasteiger partial charge in [-0.1, -0.05) is 53.7 Å². The first kappa shape index (κ1) is 19.5. The Bertz CT molecular complexity index is 1340. The van der Waals surface area contributed by atoms with E-state index in [0.29, 0.717) is 11.1 Å². The molecule has 0 spiro atoms. The van der Waals surface area contributed by atoms with Gasteiger partial charge in [0.15, 0.2) is 0 Å². The van der Waals surface area contributed by atoms with Crippen molar-refractivity contribution >= 4 is 22.7 Å². The number of methoxy groups -OCH3 is 1. The molecule has 0 N–H and O–H groups in total. The predicted molar refractivity (Wildman–Crippen MR) is 122 cm³/mol. The summed E-state index contributed by atoms with van der Waals surface area (Å²) in [7, 11) is 1.66. The van der Waals surface area contributed by atoms with Gasteiger partial charge in [-0.15, -0.1) is 10.2 Å². The van der Waals surface area contributed by atoms with E-state index in [-0.39, 0.29) is 0 Å². The molecule has 0 bridgehead atoms. The van der Waals surface area contributed by atoms with Crippen LogP contribution >= 0.6 is 11.8 Å². The van der Waals surface area contributed by atoms with Gasteiger partial charge in [0.1, 0.15) is 11.3 Å². The van der Waals surface area contributed by atoms with Gasteiger partial charge in [0.25, 0.3) is 5.22 Å². The highest BCUT2D eigenvalue weighted by molar-refractivity contribution is 7.98. The van der Waals surface area contributed by atoms with E-state index in [1.54, 1.807) is 13.4 Å². The van der Waals surface area contributed by atoms with Crippen LogP contribution in [0.3, 0.4) is 0 Å². The number of aryl methyl sites for hydroxylation is 1. The van der Waals surface area contributed by atoms with Crippen molar-refractivity contribution in [2.24, 2.45) is 0 Å². The molecule has 0 saturated carbocycles. The maximum atomic E-state index is 5.92. The summed E-state index contributed by atoms with van der Waals surface area (Å²) >= 11 is 1.54. The highest BCUT2D eigenvalue weighted by atomic mass is 32.2. The van der Waals surface area contributed by atoms with E-state index in [0.717, 1.165) is 39.2 Å². The van der Waals surface area contributed by atoms with E-state index >= 15 is 0 Å². The number of thioether (sulfide) groups is 1. The second kappa shape index (κ2) is 8.32. The zero-order valence-corrected chi connectivity index (χ0v) is 18.0. The first-order chi connectivity index (χ1) is 15.2. The zero-order chi connectivity index (χ0) is 21.2. The first-order valence-electron chi connectivity index (χ1n) is 9.87. The lowest BCUT2D eigenvalue weighted by atomic mass is 10.0. The molecule has 0 fully saturated rings. The van der Waals surface area contributed by atoms with Crippen LogP contribution in [0.2, 0.25) is 0 Å². The van der Waals surface area contributed by atoms with Crippen LogP contribution in [0.4, 0.5) is 0 Å². The molecule has 154 valence electrons. The van der Waals surface area contributed by atoms with Crippen molar-refractivity contribution in [1.29, 1.82) is 0 Å². The van der Waals surface area contributed by atoms with Crippen molar-refractivity contribution in [3.63, 3.8) is 0 Å². The summed E-state index contributed by atoms with van der Waals surface area (Å²) in [6.45, 7) is 2.09. The molecule has 31 heavy (non-hydrogen) atoms. The Balaban J connectivity index is 1.40. The van der Waals surface area contributed by atoms with Gasteiger partial charge < -0.3 is 13.6 Å². The number of benzene rings is 3. The average molecular weight is 429 g/mol. The minimum Gasteiger partial charge on any atom is -0.497 e. The molecular weight excluding hydrogens is 408 g/mol. The standard InChI is InChI=1S/C25H20N2O3S/c1-16-4-3-5-17(12-16)15-31-25-27-26-24(30-25)19-8-11-23-21(13-19)22(14-29-23)18-6-9-20(28-2)10-7-18/h3-14H,15H2,1-2H3. The van der Waals surface area contributed by atoms with Crippen LogP contribution in [0.1, 0.15) is 11.1 Å². The third-order valence-electron chi connectivity index (χ3n) is 5.07. The van der Waals surface area contributed by atoms with Crippen LogP contribution in [-0.4, -0.2) is 17.3 Å². The topological polar surface area (TPSA) is 61.3 Å². The van der Waals surface area contributed by atoms with E-state index in [1.165, 1.54) is 22.9 Å². The first-order valence-corrected chi connectivity index (χ1v) is 10.9. The minimum atomic E-state index is 0.496. The largest absolute Gasteiger partial charge is 0.497 e. The summed E-state index contributed by atoms with van der Waals surface area (Å²) in [4.78, 5) is 0. The third kappa shape index (κ3) is 4.07. The monoisotopic (exact) mass is 428 g/mol. The van der Waals surface area contributed by atoms with Crippen LogP contribution < -0.4 is 4.74 Å². The summed E-state index contributed by atoms with van der Waals surface area (Å²) in [5.41, 5.74) is 6.20. The van der Waals surface area contributed by atoms with Crippen molar-refractivity contribution in [2.45, 2.75) is 17.9 Å². The maximum Gasteiger partial charge on any atom is 0.277 e. The molecular formula is C25H20N2O3S. The van der Waals surface area contributed by atoms with Crippen molar-refractivity contribution in [3.8, 4) is 28.3 Å². The lowest BCUT2D eigenvalue weighted by Crippen LogP contribution is -1.82. The zero-order valence-electron chi connectivity index (χ0n) is 17.2. The Hall–Kier alpha value is -3.51. The maximum absolute atomic E-state index is 5.92. The number of aromatic nitrogens is 2. The number of hydrogen-bond acceptors (Lipinski definition) is 6. The molecule has 0 amide bonds. The third-order valence-corrected chi connectivity index (χ3v) is 5.96. The molecule has 2 aromatic heterocycles. The summed E-state index contributed by atoms with van der Waals surface area (Å²) in [5.74, 6) is 2.10. The van der Waals surface area contributed by atoms with Crippen LogP contribution in [0, 0.1) is 6.92 Å². The Morgan fingerprint density at radius 3 is 2.58 bits per heavy atom. The van der Waals surface area contributed by atoms with Crippen molar-refractivity contribution in [1.82, 2.24) is 10.2 Å². The summed E-state index contributed by atoms with van der Waals surface area (Å²) in [5, 5.41) is 10.0. The Morgan fingerprint density at radius 1 is 0.935 bits per heavy atom. The van der Waals surface area contributed by atoms with E-state index in [9.17, 15) is 0 Å². The molecule has 3 aromatic carbocycles. The van der Waals surface area contributed by atoms with Gasteiger partial charge in [0.2, 0.25) is 5.89 Å². The van der Waals surface area contributed by atoms with Gasteiger partial charge in [0, 0.05) is 22.3 Å². The fourth-order valence-corrected chi connectivity index (χ4v) is 4.19. The number of nitrogens with zero attached hydrogens (tertiary/aromatic N) is 2. The Labute approximate surface area is 184 Å². The van der Waals surface area contributed by atoms with Gasteiger partial charge >= 0.3 is 0 Å². The molecule has 0 aliphatic rings. The van der Waals surface area contributed by atoms with E-state index in [4.69, 9.17) is 13.6 Å². The normalized spacial score (nSPS) is 11.2. The predicted octanol–water partition coefficient (Wildman–Crippen LogP) is 6.76. The second-order valence-corrected chi connectivity index (χ2v) is 8.17. The molecule has 2 heterocycles. The molecule has 0 aliphatic heterocycles. The van der Waals surface area contributed by atoms with Crippen LogP contribution in [-0.2, 0) is 5.75 Å². The second-order valence-electron chi connectivity index (χ2n) is 7.24. The van der Waals surface area contributed by atoms with Crippen molar-refractivity contribution in [3.05, 3.63) is 84.1 Å². The fourth-order valence-electron chi connectivity index (χ4n) is 3.49. The van der Waals surface area contributed by atoms with E-state index in [1.807, 2.05) is 42.5 Å². The van der Waals surface area contributed by atoms with Gasteiger partial charge in [-0.2, -0.15) is 0 Å². The SMILES string of the molecule is COc1ccc(-c2coc3ccc(-c4nnc(SCc5cccc(C)c5)o4)cc23)cc1. The molecule has 0 atom stereocenters. The van der Waals surface area contributed by atoms with Crippen molar-refractivity contribution < 1.29 is 13.6 Å². The Morgan fingerprint density at radius 2 is 1.77 bits per heavy atom. The van der Waals surface area contributed by atoms with E-state index < -0.39 is 0 Å². The molecule has 0 aliphatic carbocycles. The number of fused-ring (bicyclic) bond motifs is 1. The van der Waals surface area contributed by atoms with Gasteiger partial charge in [-0.25, -0.2) is 0 Å². The van der Waals surface area contributed by atoms with Gasteiger partial charge in [0.05, 0.1) is 13.4 Å².